The van der Waals surface area contributed by atoms with Gasteiger partial charge in [-0.3, -0.25) is 4.79 Å². The van der Waals surface area contributed by atoms with Gasteiger partial charge in [-0.05, 0) is 37.3 Å². The largest absolute Gasteiger partial charge is 0.464 e. The van der Waals surface area contributed by atoms with Crippen molar-refractivity contribution in [1.29, 1.82) is 0 Å². The molecular weight excluding hydrogens is 302 g/mol. The van der Waals surface area contributed by atoms with Crippen LogP contribution in [-0.2, 0) is 16.0 Å². The summed E-state index contributed by atoms with van der Waals surface area (Å²) in [7, 11) is 0. The maximum Gasteiger partial charge on any atom is 0.319 e. The SMILES string of the molecule is CCCCCNCC(=O)OCC(C)C.OCCCc1ccccc1. The van der Waals surface area contributed by atoms with Gasteiger partial charge in [-0.2, -0.15) is 0 Å². The normalized spacial score (nSPS) is 10.2. The van der Waals surface area contributed by atoms with Crippen molar-refractivity contribution in [2.45, 2.75) is 52.9 Å². The first-order valence-electron chi connectivity index (χ1n) is 9.11. The van der Waals surface area contributed by atoms with Crippen molar-refractivity contribution in [3.05, 3.63) is 35.9 Å². The third-order valence-electron chi connectivity index (χ3n) is 3.27. The van der Waals surface area contributed by atoms with Gasteiger partial charge in [-0.25, -0.2) is 0 Å². The summed E-state index contributed by atoms with van der Waals surface area (Å²) < 4.78 is 5.01. The number of ether oxygens (including phenoxy) is 1. The summed E-state index contributed by atoms with van der Waals surface area (Å²) in [5.41, 5.74) is 1.30. The van der Waals surface area contributed by atoms with E-state index in [0.717, 1.165) is 25.8 Å². The van der Waals surface area contributed by atoms with Gasteiger partial charge < -0.3 is 15.2 Å². The van der Waals surface area contributed by atoms with E-state index in [2.05, 4.69) is 24.4 Å². The summed E-state index contributed by atoms with van der Waals surface area (Å²) in [6, 6.07) is 10.2. The van der Waals surface area contributed by atoms with Crippen molar-refractivity contribution in [2.24, 2.45) is 5.92 Å². The summed E-state index contributed by atoms with van der Waals surface area (Å²) in [4.78, 5) is 11.1. The van der Waals surface area contributed by atoms with Crippen molar-refractivity contribution >= 4 is 5.97 Å². The van der Waals surface area contributed by atoms with E-state index in [-0.39, 0.29) is 12.6 Å². The number of rotatable bonds is 11. The van der Waals surface area contributed by atoms with Crippen LogP contribution in [0.5, 0.6) is 0 Å². The highest BCUT2D eigenvalue weighted by atomic mass is 16.5. The molecule has 0 bridgehead atoms. The molecule has 1 rings (SSSR count). The second-order valence-electron chi connectivity index (χ2n) is 6.27. The Morgan fingerprint density at radius 2 is 1.88 bits per heavy atom. The molecule has 0 aliphatic carbocycles. The second kappa shape index (κ2) is 16.5. The van der Waals surface area contributed by atoms with E-state index in [1.54, 1.807) is 0 Å². The van der Waals surface area contributed by atoms with Gasteiger partial charge in [0.05, 0.1) is 13.2 Å². The molecule has 0 radical (unpaired) electrons. The fourth-order valence-corrected chi connectivity index (χ4v) is 1.93. The lowest BCUT2D eigenvalue weighted by atomic mass is 10.1. The molecule has 4 heteroatoms. The van der Waals surface area contributed by atoms with Crippen LogP contribution in [0.1, 0.15) is 52.0 Å². The Morgan fingerprint density at radius 3 is 2.46 bits per heavy atom. The van der Waals surface area contributed by atoms with E-state index in [1.807, 2.05) is 32.0 Å². The van der Waals surface area contributed by atoms with Gasteiger partial charge in [0.2, 0.25) is 0 Å². The lowest BCUT2D eigenvalue weighted by Gasteiger charge is -2.07. The molecule has 0 heterocycles. The molecular formula is C20H35NO3. The minimum Gasteiger partial charge on any atom is -0.464 e. The number of aliphatic hydroxyl groups is 1. The molecule has 0 saturated carbocycles. The first-order chi connectivity index (χ1) is 11.6. The van der Waals surface area contributed by atoms with E-state index in [9.17, 15) is 4.79 Å². The van der Waals surface area contributed by atoms with E-state index >= 15 is 0 Å². The number of carbonyl (C=O) groups excluding carboxylic acids is 1. The van der Waals surface area contributed by atoms with Crippen LogP contribution in [-0.4, -0.2) is 37.4 Å². The molecule has 138 valence electrons. The third kappa shape index (κ3) is 15.5. The van der Waals surface area contributed by atoms with Crippen LogP contribution in [0, 0.1) is 5.92 Å². The van der Waals surface area contributed by atoms with Crippen molar-refractivity contribution in [2.75, 3.05) is 26.3 Å². The molecule has 1 aromatic carbocycles. The summed E-state index contributed by atoms with van der Waals surface area (Å²) in [5, 5.41) is 11.6. The van der Waals surface area contributed by atoms with Crippen LogP contribution in [0.3, 0.4) is 0 Å². The molecule has 4 nitrogen and oxygen atoms in total. The minimum atomic E-state index is -0.143. The van der Waals surface area contributed by atoms with Gasteiger partial charge in [-0.1, -0.05) is 63.9 Å². The number of hydrogen-bond acceptors (Lipinski definition) is 4. The molecule has 2 N–H and O–H groups in total. The zero-order valence-corrected chi connectivity index (χ0v) is 15.6. The molecule has 0 saturated heterocycles. The van der Waals surface area contributed by atoms with E-state index in [4.69, 9.17) is 9.84 Å². The standard InChI is InChI=1S/C11H23NO2.C9H12O/c1-4-5-6-7-12-8-11(13)14-9-10(2)3;10-8-4-7-9-5-2-1-3-6-9/h10,12H,4-9H2,1-3H3;1-3,5-6,10H,4,7-8H2. The fourth-order valence-electron chi connectivity index (χ4n) is 1.93. The minimum absolute atomic E-state index is 0.143. The Bertz CT molecular complexity index is 393. The molecule has 0 unspecified atom stereocenters. The zero-order valence-electron chi connectivity index (χ0n) is 15.6. The first-order valence-corrected chi connectivity index (χ1v) is 9.11. The van der Waals surface area contributed by atoms with Gasteiger partial charge >= 0.3 is 5.97 Å². The molecule has 0 aliphatic rings. The molecule has 0 aromatic heterocycles. The molecule has 0 spiro atoms. The van der Waals surface area contributed by atoms with E-state index < -0.39 is 0 Å². The number of esters is 1. The maximum absolute atomic E-state index is 11.1. The third-order valence-corrected chi connectivity index (χ3v) is 3.27. The number of nitrogens with one attached hydrogen (secondary N) is 1. The van der Waals surface area contributed by atoms with Gasteiger partial charge in [0.25, 0.3) is 0 Å². The smallest absolute Gasteiger partial charge is 0.319 e. The maximum atomic E-state index is 11.1. The van der Waals surface area contributed by atoms with Crippen molar-refractivity contribution in [1.82, 2.24) is 5.32 Å². The average Bonchev–Trinajstić information content (AvgIpc) is 2.59. The Morgan fingerprint density at radius 1 is 1.17 bits per heavy atom. The van der Waals surface area contributed by atoms with Gasteiger partial charge in [0.15, 0.2) is 0 Å². The summed E-state index contributed by atoms with van der Waals surface area (Å²) in [5.74, 6) is 0.272. The van der Waals surface area contributed by atoms with E-state index in [1.165, 1.54) is 18.4 Å². The summed E-state index contributed by atoms with van der Waals surface area (Å²) in [6.07, 6.45) is 5.41. The molecule has 0 amide bonds. The summed E-state index contributed by atoms with van der Waals surface area (Å²) >= 11 is 0. The second-order valence-corrected chi connectivity index (χ2v) is 6.27. The Balaban J connectivity index is 0.000000463. The molecule has 0 fully saturated rings. The summed E-state index contributed by atoms with van der Waals surface area (Å²) in [6.45, 7) is 8.28. The highest BCUT2D eigenvalue weighted by molar-refractivity contribution is 5.71. The average molecular weight is 338 g/mol. The zero-order chi connectivity index (χ0) is 18.0. The monoisotopic (exact) mass is 337 g/mol. The molecule has 24 heavy (non-hydrogen) atoms. The van der Waals surface area contributed by atoms with E-state index in [0.29, 0.717) is 19.1 Å². The van der Waals surface area contributed by atoms with Gasteiger partial charge in [0.1, 0.15) is 0 Å². The lowest BCUT2D eigenvalue weighted by molar-refractivity contribution is -0.143. The molecule has 0 atom stereocenters. The number of benzene rings is 1. The Kier molecular flexibility index (Phi) is 15.5. The highest BCUT2D eigenvalue weighted by Gasteiger charge is 2.02. The van der Waals surface area contributed by atoms with Crippen molar-refractivity contribution in [3.63, 3.8) is 0 Å². The highest BCUT2D eigenvalue weighted by Crippen LogP contribution is 2.00. The van der Waals surface area contributed by atoms with Crippen LogP contribution in [0.2, 0.25) is 0 Å². The van der Waals surface area contributed by atoms with Gasteiger partial charge in [0, 0.05) is 6.61 Å². The fraction of sp³-hybridized carbons (Fsp3) is 0.650. The predicted octanol–water partition coefficient (Wildman–Crippen LogP) is 3.58. The topological polar surface area (TPSA) is 58.6 Å². The number of aryl methyl sites for hydroxylation is 1. The molecule has 1 aromatic rings. The quantitative estimate of drug-likeness (QED) is 0.479. The first kappa shape index (κ1) is 22.6. The van der Waals surface area contributed by atoms with Crippen LogP contribution in [0.4, 0.5) is 0 Å². The number of carbonyl (C=O) groups is 1. The van der Waals surface area contributed by atoms with Crippen LogP contribution in [0.25, 0.3) is 0 Å². The molecule has 0 aliphatic heterocycles. The Labute approximate surface area is 147 Å². The van der Waals surface area contributed by atoms with Crippen LogP contribution >= 0.6 is 0 Å². The van der Waals surface area contributed by atoms with Crippen molar-refractivity contribution in [3.8, 4) is 0 Å². The van der Waals surface area contributed by atoms with Gasteiger partial charge in [-0.15, -0.1) is 0 Å². The number of unbranched alkanes of at least 4 members (excludes halogenated alkanes) is 2. The van der Waals surface area contributed by atoms with Crippen molar-refractivity contribution < 1.29 is 14.6 Å². The number of aliphatic hydroxyl groups excluding tert-OH is 1. The Hall–Kier alpha value is -1.39. The predicted molar refractivity (Wildman–Crippen MR) is 100 cm³/mol. The number of hydrogen-bond donors (Lipinski definition) is 2. The van der Waals surface area contributed by atoms with Crippen LogP contribution in [0.15, 0.2) is 30.3 Å². The van der Waals surface area contributed by atoms with Crippen LogP contribution < -0.4 is 5.32 Å². The lowest BCUT2D eigenvalue weighted by Crippen LogP contribution is -2.26.